The van der Waals surface area contributed by atoms with Crippen molar-refractivity contribution in [2.45, 2.75) is 43.5 Å². The number of sulfonamides is 2. The van der Waals surface area contributed by atoms with Crippen LogP contribution >= 0.6 is 11.6 Å². The maximum atomic E-state index is 14.0. The zero-order valence-electron chi connectivity index (χ0n) is 23.6. The fourth-order valence-corrected chi connectivity index (χ4v) is 6.99. The number of amides is 1. The van der Waals surface area contributed by atoms with E-state index >= 15 is 0 Å². The maximum absolute atomic E-state index is 14.0. The molecule has 1 aliphatic rings. The highest BCUT2D eigenvalue weighted by Gasteiger charge is 2.40. The van der Waals surface area contributed by atoms with Crippen LogP contribution in [0.1, 0.15) is 26.3 Å². The standard InChI is InChI=1S/C28H31ClN6O5S2/c1-6-31-19-11-14-22(18(4)15-19)32-26(28(36)34-24-16-20(12-13-21(24)29)41(37,38)30-5)27-33-23-9-7-8-10-25(23)42(39,40)35(27)17(2)3/h7-17,30-31H,6H2,1-5H3,(H,34,36)/b32-26-. The second-order valence-corrected chi connectivity index (χ2v) is 13.7. The van der Waals surface area contributed by atoms with Crippen LogP contribution in [0.2, 0.25) is 5.02 Å². The second-order valence-electron chi connectivity index (χ2n) is 9.59. The number of carbonyl (C=O) groups excluding carboxylic acids is 1. The molecule has 14 heteroatoms. The van der Waals surface area contributed by atoms with Gasteiger partial charge in [-0.25, -0.2) is 35.8 Å². The van der Waals surface area contributed by atoms with E-state index in [0.29, 0.717) is 12.2 Å². The molecule has 0 bridgehead atoms. The Labute approximate surface area is 250 Å². The van der Waals surface area contributed by atoms with E-state index in [1.165, 1.54) is 31.3 Å². The molecular weight excluding hydrogens is 600 g/mol. The van der Waals surface area contributed by atoms with Crippen LogP contribution < -0.4 is 15.4 Å². The van der Waals surface area contributed by atoms with Gasteiger partial charge >= 0.3 is 0 Å². The van der Waals surface area contributed by atoms with Gasteiger partial charge in [-0.15, -0.1) is 0 Å². The normalized spacial score (nSPS) is 14.8. The molecule has 3 aromatic carbocycles. The minimum atomic E-state index is -4.12. The molecule has 0 spiro atoms. The first-order chi connectivity index (χ1) is 19.8. The number of hydrogen-bond donors (Lipinski definition) is 3. The third-order valence-electron chi connectivity index (χ3n) is 6.31. The number of aliphatic imine (C=N–C) groups is 2. The molecule has 42 heavy (non-hydrogen) atoms. The molecule has 1 amide bonds. The van der Waals surface area contributed by atoms with E-state index in [-0.39, 0.29) is 37.7 Å². The van der Waals surface area contributed by atoms with Crippen LogP contribution in [0.15, 0.2) is 80.4 Å². The molecule has 0 saturated carbocycles. The highest BCUT2D eigenvalue weighted by Crippen LogP contribution is 2.35. The van der Waals surface area contributed by atoms with Gasteiger partial charge in [-0.3, -0.25) is 4.79 Å². The Morgan fingerprint density at radius 1 is 1.10 bits per heavy atom. The molecule has 0 unspecified atom stereocenters. The number of benzene rings is 3. The monoisotopic (exact) mass is 630 g/mol. The molecule has 3 aromatic rings. The van der Waals surface area contributed by atoms with Crippen molar-refractivity contribution >= 4 is 71.9 Å². The predicted molar refractivity (Wildman–Crippen MR) is 166 cm³/mol. The number of nitrogens with zero attached hydrogens (tertiary/aromatic N) is 3. The van der Waals surface area contributed by atoms with Gasteiger partial charge in [0, 0.05) is 18.3 Å². The van der Waals surface area contributed by atoms with Crippen molar-refractivity contribution in [3.05, 3.63) is 71.2 Å². The van der Waals surface area contributed by atoms with Gasteiger partial charge in [0.25, 0.3) is 15.9 Å². The lowest BCUT2D eigenvalue weighted by Gasteiger charge is -2.33. The fraction of sp³-hybridized carbons (Fsp3) is 0.250. The van der Waals surface area contributed by atoms with Gasteiger partial charge in [0.15, 0.2) is 11.5 Å². The minimum Gasteiger partial charge on any atom is -0.385 e. The number of amidine groups is 1. The van der Waals surface area contributed by atoms with Gasteiger partial charge < -0.3 is 10.6 Å². The van der Waals surface area contributed by atoms with Gasteiger partial charge in [-0.05, 0) is 88.8 Å². The molecule has 0 aliphatic carbocycles. The van der Waals surface area contributed by atoms with Crippen molar-refractivity contribution < 1.29 is 21.6 Å². The number of nitrogens with one attached hydrogen (secondary N) is 3. The van der Waals surface area contributed by atoms with E-state index in [2.05, 4.69) is 25.3 Å². The van der Waals surface area contributed by atoms with Crippen molar-refractivity contribution in [3.8, 4) is 0 Å². The SMILES string of the molecule is CCNc1ccc(/N=C(\C(=O)Nc2cc(S(=O)(=O)NC)ccc2Cl)C2=Nc3ccccc3S(=O)(=O)N2C(C)C)c(C)c1. The first-order valence-electron chi connectivity index (χ1n) is 13.0. The van der Waals surface area contributed by atoms with E-state index in [9.17, 15) is 21.6 Å². The Balaban J connectivity index is 1.93. The second kappa shape index (κ2) is 12.2. The Kier molecular flexibility index (Phi) is 9.06. The number of anilines is 2. The summed E-state index contributed by atoms with van der Waals surface area (Å²) in [5.74, 6) is -1.03. The molecule has 0 fully saturated rings. The molecule has 3 N–H and O–H groups in total. The molecule has 1 aliphatic heterocycles. The molecule has 1 heterocycles. The van der Waals surface area contributed by atoms with Crippen molar-refractivity contribution in [2.75, 3.05) is 24.2 Å². The summed E-state index contributed by atoms with van der Waals surface area (Å²) in [4.78, 5) is 23.1. The molecule has 4 rings (SSSR count). The lowest BCUT2D eigenvalue weighted by molar-refractivity contribution is -0.110. The molecule has 11 nitrogen and oxygen atoms in total. The summed E-state index contributed by atoms with van der Waals surface area (Å²) in [6, 6.07) is 14.8. The summed E-state index contributed by atoms with van der Waals surface area (Å²) in [5.41, 5.74) is 1.81. The van der Waals surface area contributed by atoms with E-state index in [0.717, 1.165) is 15.6 Å². The quantitative estimate of drug-likeness (QED) is 0.288. The third-order valence-corrected chi connectivity index (χ3v) is 10.1. The van der Waals surface area contributed by atoms with Crippen molar-refractivity contribution in [1.82, 2.24) is 9.03 Å². The van der Waals surface area contributed by atoms with E-state index < -0.39 is 32.0 Å². The number of aryl methyl sites for hydroxylation is 1. The van der Waals surface area contributed by atoms with Crippen LogP contribution in [0.5, 0.6) is 0 Å². The first kappa shape index (κ1) is 31.2. The molecule has 0 aromatic heterocycles. The van der Waals surface area contributed by atoms with Crippen molar-refractivity contribution in [1.29, 1.82) is 0 Å². The average Bonchev–Trinajstić information content (AvgIpc) is 2.93. The summed E-state index contributed by atoms with van der Waals surface area (Å²) in [7, 11) is -6.71. The lowest BCUT2D eigenvalue weighted by Crippen LogP contribution is -2.49. The number of carbonyl (C=O) groups is 1. The van der Waals surface area contributed by atoms with E-state index in [1.54, 1.807) is 44.2 Å². The summed E-state index contributed by atoms with van der Waals surface area (Å²) < 4.78 is 55.6. The zero-order chi connectivity index (χ0) is 30.8. The number of fused-ring (bicyclic) bond motifs is 1. The first-order valence-corrected chi connectivity index (χ1v) is 16.3. The Bertz CT molecular complexity index is 1820. The molecule has 0 atom stereocenters. The highest BCUT2D eigenvalue weighted by molar-refractivity contribution is 7.90. The average molecular weight is 631 g/mol. The molecular formula is C28H31ClN6O5S2. The smallest absolute Gasteiger partial charge is 0.278 e. The number of hydrogen-bond acceptors (Lipinski definition) is 8. The van der Waals surface area contributed by atoms with Crippen LogP contribution in [0.25, 0.3) is 0 Å². The lowest BCUT2D eigenvalue weighted by atomic mass is 10.1. The fourth-order valence-electron chi connectivity index (χ4n) is 4.31. The van der Waals surface area contributed by atoms with Crippen LogP contribution in [0.3, 0.4) is 0 Å². The Hall–Kier alpha value is -3.78. The van der Waals surface area contributed by atoms with Crippen LogP contribution in [-0.2, 0) is 24.8 Å². The van der Waals surface area contributed by atoms with Gasteiger partial charge in [-0.2, -0.15) is 0 Å². The Morgan fingerprint density at radius 3 is 2.45 bits per heavy atom. The summed E-state index contributed by atoms with van der Waals surface area (Å²) in [6.07, 6.45) is 0. The predicted octanol–water partition coefficient (Wildman–Crippen LogP) is 4.84. The number of para-hydroxylation sites is 1. The molecule has 0 saturated heterocycles. The van der Waals surface area contributed by atoms with Crippen LogP contribution in [0, 0.1) is 6.92 Å². The number of halogens is 1. The van der Waals surface area contributed by atoms with Crippen LogP contribution in [-0.4, -0.2) is 58.2 Å². The molecule has 222 valence electrons. The largest absolute Gasteiger partial charge is 0.385 e. The zero-order valence-corrected chi connectivity index (χ0v) is 26.0. The topological polar surface area (TPSA) is 149 Å². The van der Waals surface area contributed by atoms with Gasteiger partial charge in [-0.1, -0.05) is 23.7 Å². The van der Waals surface area contributed by atoms with Crippen molar-refractivity contribution in [3.63, 3.8) is 0 Å². The third kappa shape index (κ3) is 6.19. The summed E-state index contributed by atoms with van der Waals surface area (Å²) in [5, 5.41) is 5.89. The maximum Gasteiger partial charge on any atom is 0.278 e. The molecule has 0 radical (unpaired) electrons. The minimum absolute atomic E-state index is 0.00130. The Morgan fingerprint density at radius 2 is 1.81 bits per heavy atom. The van der Waals surface area contributed by atoms with Crippen LogP contribution in [0.4, 0.5) is 22.7 Å². The van der Waals surface area contributed by atoms with Crippen molar-refractivity contribution in [2.24, 2.45) is 9.98 Å². The van der Waals surface area contributed by atoms with E-state index in [1.807, 2.05) is 19.9 Å². The van der Waals surface area contributed by atoms with Gasteiger partial charge in [0.2, 0.25) is 10.0 Å². The van der Waals surface area contributed by atoms with Gasteiger partial charge in [0.05, 0.1) is 27.0 Å². The van der Waals surface area contributed by atoms with Gasteiger partial charge in [0.1, 0.15) is 4.90 Å². The van der Waals surface area contributed by atoms with E-state index in [4.69, 9.17) is 11.6 Å². The summed E-state index contributed by atoms with van der Waals surface area (Å²) >= 11 is 6.33. The summed E-state index contributed by atoms with van der Waals surface area (Å²) in [6.45, 7) is 7.81. The number of rotatable bonds is 9. The highest BCUT2D eigenvalue weighted by atomic mass is 35.5.